The highest BCUT2D eigenvalue weighted by atomic mass is 79.9. The summed E-state index contributed by atoms with van der Waals surface area (Å²) in [6, 6.07) is 10.7. The zero-order valence-corrected chi connectivity index (χ0v) is 16.8. The van der Waals surface area contributed by atoms with Crippen molar-refractivity contribution < 1.29 is 9.53 Å². The van der Waals surface area contributed by atoms with E-state index in [1.165, 1.54) is 0 Å². The van der Waals surface area contributed by atoms with Gasteiger partial charge in [-0.05, 0) is 48.8 Å². The van der Waals surface area contributed by atoms with E-state index in [4.69, 9.17) is 9.72 Å². The second kappa shape index (κ2) is 6.51. The van der Waals surface area contributed by atoms with Gasteiger partial charge in [-0.2, -0.15) is 0 Å². The van der Waals surface area contributed by atoms with E-state index in [0.29, 0.717) is 18.6 Å². The lowest BCUT2D eigenvalue weighted by Gasteiger charge is -2.25. The molecule has 1 amide bonds. The number of carbonyl (C=O) groups excluding carboxylic acids is 1. The van der Waals surface area contributed by atoms with Crippen molar-refractivity contribution in [2.24, 2.45) is 5.92 Å². The van der Waals surface area contributed by atoms with Gasteiger partial charge in [-0.1, -0.05) is 41.4 Å². The van der Waals surface area contributed by atoms with Crippen LogP contribution in [0.4, 0.5) is 4.79 Å². The molecule has 3 aromatic rings. The first-order valence-electron chi connectivity index (χ1n) is 9.68. The average Bonchev–Trinajstić information content (AvgIpc) is 3.12. The van der Waals surface area contributed by atoms with Gasteiger partial charge >= 0.3 is 6.09 Å². The van der Waals surface area contributed by atoms with Crippen LogP contribution in [0.25, 0.3) is 21.8 Å². The maximum atomic E-state index is 12.7. The fourth-order valence-corrected chi connectivity index (χ4v) is 4.67. The lowest BCUT2D eigenvalue weighted by atomic mass is 10.1. The van der Waals surface area contributed by atoms with Crippen molar-refractivity contribution in [3.63, 3.8) is 0 Å². The zero-order chi connectivity index (χ0) is 18.5. The minimum Gasteiger partial charge on any atom is -0.449 e. The largest absolute Gasteiger partial charge is 0.449 e. The molecule has 1 aromatic heterocycles. The molecule has 5 rings (SSSR count). The number of rotatable bonds is 4. The monoisotopic (exact) mass is 427 g/mol. The summed E-state index contributed by atoms with van der Waals surface area (Å²) in [5.74, 6) is 1.47. The molecule has 1 aliphatic heterocycles. The molecule has 5 nitrogen and oxygen atoms in total. The number of unbranched alkanes of at least 4 members (excludes halogenated alkanes) is 1. The van der Waals surface area contributed by atoms with Crippen molar-refractivity contribution in [3.05, 3.63) is 40.6 Å². The highest BCUT2D eigenvalue weighted by Crippen LogP contribution is 2.53. The molecule has 0 radical (unpaired) electrons. The Labute approximate surface area is 166 Å². The summed E-state index contributed by atoms with van der Waals surface area (Å²) < 4.78 is 6.57. The van der Waals surface area contributed by atoms with Gasteiger partial charge in [0, 0.05) is 15.9 Å². The lowest BCUT2D eigenvalue weighted by Crippen LogP contribution is -2.34. The van der Waals surface area contributed by atoms with Crippen LogP contribution in [0.1, 0.15) is 44.5 Å². The number of aromatic nitrogens is 2. The number of piperidine rings is 1. The number of halogens is 1. The quantitative estimate of drug-likeness (QED) is 0.555. The van der Waals surface area contributed by atoms with Gasteiger partial charge in [0.15, 0.2) is 0 Å². The summed E-state index contributed by atoms with van der Waals surface area (Å²) in [5, 5.41) is 2.28. The number of nitrogens with one attached hydrogen (secondary N) is 1. The maximum absolute atomic E-state index is 12.7. The number of aromatic amines is 1. The van der Waals surface area contributed by atoms with Crippen LogP contribution < -0.4 is 0 Å². The Hall–Kier alpha value is -2.08. The van der Waals surface area contributed by atoms with Crippen LogP contribution in [0.15, 0.2) is 34.8 Å². The molecule has 3 unspecified atom stereocenters. The Bertz CT molecular complexity index is 1030. The van der Waals surface area contributed by atoms with Gasteiger partial charge in [0.1, 0.15) is 5.82 Å². The second-order valence-electron chi connectivity index (χ2n) is 7.64. The second-order valence-corrected chi connectivity index (χ2v) is 8.55. The summed E-state index contributed by atoms with van der Waals surface area (Å²) >= 11 is 3.53. The van der Waals surface area contributed by atoms with E-state index in [-0.39, 0.29) is 12.1 Å². The van der Waals surface area contributed by atoms with Crippen LogP contribution in [-0.4, -0.2) is 33.6 Å². The van der Waals surface area contributed by atoms with Crippen LogP contribution in [0.5, 0.6) is 0 Å². The molecular formula is C21H22BrN3O2. The molecule has 1 aliphatic carbocycles. The van der Waals surface area contributed by atoms with E-state index in [1.807, 2.05) is 11.0 Å². The van der Waals surface area contributed by atoms with Gasteiger partial charge in [0.25, 0.3) is 0 Å². The standard InChI is InChI=1S/C21H22BrN3O2/c1-2-3-8-27-21(26)25-17-10-13(17)11-18(25)20-23-16-7-4-12-9-14(22)5-6-15(12)19(16)24-20/h4-7,9,13,17-18H,2-3,8,10-11H2,1H3,(H,23,24). The molecule has 2 aliphatic rings. The summed E-state index contributed by atoms with van der Waals surface area (Å²) in [4.78, 5) is 23.0. The van der Waals surface area contributed by atoms with Crippen LogP contribution in [-0.2, 0) is 4.74 Å². The fourth-order valence-electron chi connectivity index (χ4n) is 4.29. The van der Waals surface area contributed by atoms with Crippen LogP contribution in [0.3, 0.4) is 0 Å². The predicted octanol–water partition coefficient (Wildman–Crippen LogP) is 5.55. The van der Waals surface area contributed by atoms with Crippen molar-refractivity contribution in [3.8, 4) is 0 Å². The van der Waals surface area contributed by atoms with Gasteiger partial charge in [0.2, 0.25) is 0 Å². The molecule has 2 fully saturated rings. The van der Waals surface area contributed by atoms with Crippen molar-refractivity contribution in [2.75, 3.05) is 6.61 Å². The molecule has 2 heterocycles. The number of imidazole rings is 1. The van der Waals surface area contributed by atoms with E-state index in [1.54, 1.807) is 0 Å². The first-order valence-corrected chi connectivity index (χ1v) is 10.5. The molecule has 6 heteroatoms. The molecule has 1 N–H and O–H groups in total. The van der Waals surface area contributed by atoms with Crippen LogP contribution in [0.2, 0.25) is 0 Å². The molecule has 27 heavy (non-hydrogen) atoms. The van der Waals surface area contributed by atoms with E-state index >= 15 is 0 Å². The number of ether oxygens (including phenoxy) is 1. The van der Waals surface area contributed by atoms with Crippen LogP contribution >= 0.6 is 15.9 Å². The predicted molar refractivity (Wildman–Crippen MR) is 109 cm³/mol. The van der Waals surface area contributed by atoms with Crippen molar-refractivity contribution >= 4 is 43.8 Å². The molecule has 3 atom stereocenters. The first kappa shape index (κ1) is 17.0. The summed E-state index contributed by atoms with van der Waals surface area (Å²) in [6.45, 7) is 2.59. The third kappa shape index (κ3) is 2.90. The number of benzene rings is 2. The summed E-state index contributed by atoms with van der Waals surface area (Å²) in [5.41, 5.74) is 1.98. The van der Waals surface area contributed by atoms with Gasteiger partial charge in [-0.15, -0.1) is 0 Å². The number of likely N-dealkylation sites (tertiary alicyclic amines) is 1. The van der Waals surface area contributed by atoms with Crippen molar-refractivity contribution in [1.82, 2.24) is 14.9 Å². The third-order valence-corrected chi connectivity index (χ3v) is 6.30. The Balaban J connectivity index is 1.49. The van der Waals surface area contributed by atoms with Gasteiger partial charge < -0.3 is 9.72 Å². The lowest BCUT2D eigenvalue weighted by molar-refractivity contribution is 0.0880. The molecule has 0 bridgehead atoms. The molecular weight excluding hydrogens is 406 g/mol. The number of nitrogens with zero attached hydrogens (tertiary/aromatic N) is 2. The molecule has 1 saturated carbocycles. The number of carbonyl (C=O) groups is 1. The number of hydrogen-bond acceptors (Lipinski definition) is 3. The minimum atomic E-state index is -0.187. The van der Waals surface area contributed by atoms with E-state index in [0.717, 1.165) is 57.8 Å². The Morgan fingerprint density at radius 1 is 1.33 bits per heavy atom. The Morgan fingerprint density at radius 3 is 3.07 bits per heavy atom. The third-order valence-electron chi connectivity index (χ3n) is 5.80. The maximum Gasteiger partial charge on any atom is 0.410 e. The fraction of sp³-hybridized carbons (Fsp3) is 0.429. The van der Waals surface area contributed by atoms with Gasteiger partial charge in [0.05, 0.1) is 23.7 Å². The Kier molecular flexibility index (Phi) is 4.11. The smallest absolute Gasteiger partial charge is 0.410 e. The minimum absolute atomic E-state index is 0.0132. The number of amides is 1. The highest BCUT2D eigenvalue weighted by molar-refractivity contribution is 9.10. The Morgan fingerprint density at radius 2 is 2.22 bits per heavy atom. The highest BCUT2D eigenvalue weighted by Gasteiger charge is 2.55. The topological polar surface area (TPSA) is 58.2 Å². The average molecular weight is 428 g/mol. The molecule has 1 saturated heterocycles. The van der Waals surface area contributed by atoms with Gasteiger partial charge in [-0.3, -0.25) is 4.90 Å². The molecule has 0 spiro atoms. The van der Waals surface area contributed by atoms with Crippen molar-refractivity contribution in [1.29, 1.82) is 0 Å². The normalized spacial score (nSPS) is 23.8. The van der Waals surface area contributed by atoms with E-state index < -0.39 is 0 Å². The summed E-state index contributed by atoms with van der Waals surface area (Å²) in [7, 11) is 0. The first-order chi connectivity index (χ1) is 13.2. The number of H-pyrrole nitrogens is 1. The van der Waals surface area contributed by atoms with E-state index in [9.17, 15) is 4.79 Å². The zero-order valence-electron chi connectivity index (χ0n) is 15.2. The van der Waals surface area contributed by atoms with Gasteiger partial charge in [-0.25, -0.2) is 9.78 Å². The molecule has 140 valence electrons. The van der Waals surface area contributed by atoms with E-state index in [2.05, 4.69) is 52.1 Å². The number of fused-ring (bicyclic) bond motifs is 4. The summed E-state index contributed by atoms with van der Waals surface area (Å²) in [6.07, 6.45) is 3.81. The molecule has 2 aromatic carbocycles. The number of hydrogen-bond donors (Lipinski definition) is 1. The van der Waals surface area contributed by atoms with Crippen molar-refractivity contribution in [2.45, 2.75) is 44.7 Å². The van der Waals surface area contributed by atoms with Crippen LogP contribution in [0, 0.1) is 5.92 Å². The SMILES string of the molecule is CCCCOC(=O)N1C(c2nc3c(ccc4cc(Br)ccc43)[nH]2)CC2CC21.